The first-order valence-corrected chi connectivity index (χ1v) is 11.1. The van der Waals surface area contributed by atoms with Crippen molar-refractivity contribution in [3.8, 4) is 5.75 Å². The largest absolute Gasteiger partial charge is 0.494 e. The monoisotopic (exact) mass is 460 g/mol. The van der Waals surface area contributed by atoms with Crippen LogP contribution in [-0.2, 0) is 9.59 Å². The molecule has 5 nitrogen and oxygen atoms in total. The number of benzene rings is 3. The third kappa shape index (κ3) is 4.37. The third-order valence-corrected chi connectivity index (χ3v) is 5.82. The van der Waals surface area contributed by atoms with Crippen LogP contribution in [0.15, 0.2) is 66.4 Å². The maximum Gasteiger partial charge on any atom is 0.282 e. The predicted octanol–water partition coefficient (Wildman–Crippen LogP) is 6.06. The Morgan fingerprint density at radius 2 is 1.70 bits per heavy atom. The second kappa shape index (κ2) is 9.12. The topological polar surface area (TPSA) is 58.6 Å². The molecule has 33 heavy (non-hydrogen) atoms. The van der Waals surface area contributed by atoms with Gasteiger partial charge in [0.25, 0.3) is 11.8 Å². The summed E-state index contributed by atoms with van der Waals surface area (Å²) in [6.07, 6.45) is 0. The Labute approximate surface area is 198 Å². The molecule has 0 aromatic heterocycles. The number of carbonyl (C=O) groups is 2. The number of hydrogen-bond donors (Lipinski definition) is 1. The van der Waals surface area contributed by atoms with Crippen molar-refractivity contribution in [2.75, 3.05) is 16.8 Å². The number of nitrogens with one attached hydrogen (secondary N) is 1. The minimum atomic E-state index is -0.428. The van der Waals surface area contributed by atoms with Crippen molar-refractivity contribution in [3.63, 3.8) is 0 Å². The van der Waals surface area contributed by atoms with Crippen molar-refractivity contribution in [1.82, 2.24) is 0 Å². The molecule has 4 rings (SSSR count). The summed E-state index contributed by atoms with van der Waals surface area (Å²) in [5.74, 6) is -0.221. The maximum atomic E-state index is 13.7. The number of imide groups is 1. The fourth-order valence-corrected chi connectivity index (χ4v) is 4.14. The van der Waals surface area contributed by atoms with E-state index in [1.807, 2.05) is 52.0 Å². The minimum Gasteiger partial charge on any atom is -0.494 e. The van der Waals surface area contributed by atoms with E-state index in [1.165, 1.54) is 4.90 Å². The summed E-state index contributed by atoms with van der Waals surface area (Å²) in [5, 5.41) is 3.75. The number of hydrogen-bond acceptors (Lipinski definition) is 4. The molecule has 6 heteroatoms. The molecule has 0 bridgehead atoms. The molecule has 3 aromatic carbocycles. The van der Waals surface area contributed by atoms with Gasteiger partial charge >= 0.3 is 0 Å². The van der Waals surface area contributed by atoms with Gasteiger partial charge in [-0.2, -0.15) is 0 Å². The number of amides is 2. The Hall–Kier alpha value is -3.57. The Kier molecular flexibility index (Phi) is 6.25. The van der Waals surface area contributed by atoms with Crippen molar-refractivity contribution in [1.29, 1.82) is 0 Å². The van der Waals surface area contributed by atoms with E-state index in [0.717, 1.165) is 16.7 Å². The quantitative estimate of drug-likeness (QED) is 0.454. The van der Waals surface area contributed by atoms with E-state index in [1.54, 1.807) is 36.4 Å². The number of rotatable bonds is 6. The van der Waals surface area contributed by atoms with Crippen LogP contribution in [0, 0.1) is 20.8 Å². The van der Waals surface area contributed by atoms with Gasteiger partial charge in [-0.3, -0.25) is 9.59 Å². The molecule has 1 heterocycles. The van der Waals surface area contributed by atoms with Crippen LogP contribution in [-0.4, -0.2) is 18.4 Å². The molecule has 0 fully saturated rings. The van der Waals surface area contributed by atoms with Crippen LogP contribution in [0.4, 0.5) is 11.4 Å². The van der Waals surface area contributed by atoms with Crippen molar-refractivity contribution in [3.05, 3.63) is 93.6 Å². The smallest absolute Gasteiger partial charge is 0.282 e. The van der Waals surface area contributed by atoms with E-state index >= 15 is 0 Å². The summed E-state index contributed by atoms with van der Waals surface area (Å²) in [4.78, 5) is 28.6. The van der Waals surface area contributed by atoms with Crippen LogP contribution in [0.3, 0.4) is 0 Å². The van der Waals surface area contributed by atoms with Gasteiger partial charge in [0.05, 0.1) is 17.9 Å². The molecule has 3 aromatic rings. The van der Waals surface area contributed by atoms with E-state index in [9.17, 15) is 9.59 Å². The Morgan fingerprint density at radius 1 is 0.909 bits per heavy atom. The molecular weight excluding hydrogens is 436 g/mol. The van der Waals surface area contributed by atoms with Crippen molar-refractivity contribution in [2.45, 2.75) is 27.7 Å². The van der Waals surface area contributed by atoms with Crippen molar-refractivity contribution in [2.24, 2.45) is 0 Å². The molecule has 1 aliphatic rings. The zero-order valence-electron chi connectivity index (χ0n) is 19.0. The molecule has 1 N–H and O–H groups in total. The second-order valence-corrected chi connectivity index (χ2v) is 8.47. The lowest BCUT2D eigenvalue weighted by Gasteiger charge is -2.17. The Bertz CT molecular complexity index is 1300. The van der Waals surface area contributed by atoms with Crippen LogP contribution in [0.2, 0.25) is 5.02 Å². The first kappa shape index (κ1) is 22.6. The molecule has 0 radical (unpaired) electrons. The normalized spacial score (nSPS) is 13.7. The van der Waals surface area contributed by atoms with Crippen LogP contribution in [0.5, 0.6) is 5.75 Å². The Balaban J connectivity index is 1.86. The number of anilines is 2. The average Bonchev–Trinajstić information content (AvgIpc) is 3.01. The molecule has 0 spiro atoms. The van der Waals surface area contributed by atoms with E-state index in [-0.39, 0.29) is 11.6 Å². The van der Waals surface area contributed by atoms with Gasteiger partial charge in [0.2, 0.25) is 0 Å². The minimum absolute atomic E-state index is 0.221. The highest BCUT2D eigenvalue weighted by molar-refractivity contribution is 6.46. The van der Waals surface area contributed by atoms with Gasteiger partial charge in [-0.1, -0.05) is 47.5 Å². The summed E-state index contributed by atoms with van der Waals surface area (Å²) in [7, 11) is 0. The highest BCUT2D eigenvalue weighted by Crippen LogP contribution is 2.37. The van der Waals surface area contributed by atoms with E-state index in [2.05, 4.69) is 5.32 Å². The SMILES string of the molecule is CCOc1cccc(N2C(=O)C(Nc3cc(Cl)ccc3C)=C(c3ccc(C)cc3C)C2=O)c1. The fourth-order valence-electron chi connectivity index (χ4n) is 3.97. The molecule has 1 aliphatic heterocycles. The zero-order chi connectivity index (χ0) is 23.7. The molecular formula is C27H25ClN2O3. The summed E-state index contributed by atoms with van der Waals surface area (Å²) in [6, 6.07) is 18.2. The van der Waals surface area contributed by atoms with Gasteiger partial charge in [-0.05, 0) is 68.7 Å². The molecule has 168 valence electrons. The van der Waals surface area contributed by atoms with Gasteiger partial charge < -0.3 is 10.1 Å². The third-order valence-electron chi connectivity index (χ3n) is 5.58. The summed E-state index contributed by atoms with van der Waals surface area (Å²) in [5.41, 5.74) is 5.29. The summed E-state index contributed by atoms with van der Waals surface area (Å²) >= 11 is 6.20. The summed E-state index contributed by atoms with van der Waals surface area (Å²) in [6.45, 7) is 8.22. The van der Waals surface area contributed by atoms with Crippen LogP contribution < -0.4 is 15.0 Å². The van der Waals surface area contributed by atoms with Crippen LogP contribution >= 0.6 is 11.6 Å². The highest BCUT2D eigenvalue weighted by atomic mass is 35.5. The van der Waals surface area contributed by atoms with E-state index < -0.39 is 5.91 Å². The lowest BCUT2D eigenvalue weighted by Crippen LogP contribution is -2.32. The predicted molar refractivity (Wildman–Crippen MR) is 133 cm³/mol. The molecule has 2 amide bonds. The van der Waals surface area contributed by atoms with Crippen LogP contribution in [0.1, 0.15) is 29.2 Å². The first-order chi connectivity index (χ1) is 15.8. The average molecular weight is 461 g/mol. The van der Waals surface area contributed by atoms with Gasteiger partial charge in [0, 0.05) is 16.8 Å². The van der Waals surface area contributed by atoms with Gasteiger partial charge in [-0.15, -0.1) is 0 Å². The lowest BCUT2D eigenvalue weighted by molar-refractivity contribution is -0.120. The second-order valence-electron chi connectivity index (χ2n) is 8.03. The number of ether oxygens (including phenoxy) is 1. The number of aryl methyl sites for hydroxylation is 3. The number of nitrogens with zero attached hydrogens (tertiary/aromatic N) is 1. The number of carbonyl (C=O) groups excluding carboxylic acids is 2. The molecule has 0 unspecified atom stereocenters. The van der Waals surface area contributed by atoms with Crippen molar-refractivity contribution < 1.29 is 14.3 Å². The number of halogens is 1. The van der Waals surface area contributed by atoms with Gasteiger partial charge in [-0.25, -0.2) is 4.90 Å². The molecule has 0 aliphatic carbocycles. The zero-order valence-corrected chi connectivity index (χ0v) is 19.8. The van der Waals surface area contributed by atoms with Gasteiger partial charge in [0.15, 0.2) is 0 Å². The standard InChI is InChI=1S/C27H25ClN2O3/c1-5-33-21-8-6-7-20(15-21)30-26(31)24(22-12-9-16(2)13-18(22)4)25(27(30)32)29-23-14-19(28)11-10-17(23)3/h6-15,29H,5H2,1-4H3. The summed E-state index contributed by atoms with van der Waals surface area (Å²) < 4.78 is 5.58. The fraction of sp³-hybridized carbons (Fsp3) is 0.185. The molecule has 0 saturated heterocycles. The highest BCUT2D eigenvalue weighted by Gasteiger charge is 2.41. The molecule has 0 saturated carbocycles. The lowest BCUT2D eigenvalue weighted by atomic mass is 9.97. The van der Waals surface area contributed by atoms with E-state index in [4.69, 9.17) is 16.3 Å². The first-order valence-electron chi connectivity index (χ1n) is 10.8. The van der Waals surface area contributed by atoms with E-state index in [0.29, 0.717) is 39.9 Å². The van der Waals surface area contributed by atoms with Crippen molar-refractivity contribution >= 4 is 40.4 Å². The van der Waals surface area contributed by atoms with Gasteiger partial charge in [0.1, 0.15) is 11.4 Å². The molecule has 0 atom stereocenters. The van der Waals surface area contributed by atoms with Crippen LogP contribution in [0.25, 0.3) is 5.57 Å². The Morgan fingerprint density at radius 3 is 2.42 bits per heavy atom. The maximum absolute atomic E-state index is 13.7.